The molecule has 0 radical (unpaired) electrons. The van der Waals surface area contributed by atoms with E-state index in [1.54, 1.807) is 13.2 Å². The van der Waals surface area contributed by atoms with Crippen molar-refractivity contribution in [3.8, 4) is 5.69 Å². The van der Waals surface area contributed by atoms with Crippen LogP contribution in [0.1, 0.15) is 23.6 Å². The van der Waals surface area contributed by atoms with Crippen molar-refractivity contribution in [3.63, 3.8) is 0 Å². The summed E-state index contributed by atoms with van der Waals surface area (Å²) in [5.41, 5.74) is 4.89. The summed E-state index contributed by atoms with van der Waals surface area (Å²) in [6.07, 6.45) is 4.76. The van der Waals surface area contributed by atoms with E-state index >= 15 is 0 Å². The Balaban J connectivity index is 1.58. The number of hydrogen-bond acceptors (Lipinski definition) is 2. The van der Waals surface area contributed by atoms with E-state index in [9.17, 15) is 0 Å². The van der Waals surface area contributed by atoms with Gasteiger partial charge in [0.15, 0.2) is 5.96 Å². The minimum atomic E-state index is 0.699. The molecule has 0 atom stereocenters. The van der Waals surface area contributed by atoms with Crippen molar-refractivity contribution < 1.29 is 0 Å². The first-order valence-electron chi connectivity index (χ1n) is 8.90. The number of rotatable bonds is 6. The van der Waals surface area contributed by atoms with E-state index in [1.807, 2.05) is 29.1 Å². The van der Waals surface area contributed by atoms with E-state index < -0.39 is 0 Å². The number of aromatic nitrogens is 2. The first-order chi connectivity index (χ1) is 12.8. The maximum absolute atomic E-state index is 4.32. The van der Waals surface area contributed by atoms with Gasteiger partial charge >= 0.3 is 0 Å². The van der Waals surface area contributed by atoms with Crippen molar-refractivity contribution in [3.05, 3.63) is 83.7 Å². The van der Waals surface area contributed by atoms with Gasteiger partial charge in [0.1, 0.15) is 0 Å². The third-order valence-corrected chi connectivity index (χ3v) is 4.31. The highest BCUT2D eigenvalue weighted by Gasteiger charge is 2.03. The number of benzene rings is 2. The Hall–Kier alpha value is -3.08. The van der Waals surface area contributed by atoms with Crippen LogP contribution in [0.2, 0.25) is 0 Å². The molecule has 0 unspecified atom stereocenters. The quantitative estimate of drug-likeness (QED) is 0.531. The summed E-state index contributed by atoms with van der Waals surface area (Å²) < 4.78 is 1.86. The molecule has 5 nitrogen and oxygen atoms in total. The molecule has 0 aliphatic heterocycles. The fourth-order valence-corrected chi connectivity index (χ4v) is 2.89. The Labute approximate surface area is 154 Å². The molecule has 0 saturated carbocycles. The summed E-state index contributed by atoms with van der Waals surface area (Å²) >= 11 is 0. The summed E-state index contributed by atoms with van der Waals surface area (Å²) in [6.45, 7) is 3.64. The van der Waals surface area contributed by atoms with Gasteiger partial charge in [0.2, 0.25) is 0 Å². The van der Waals surface area contributed by atoms with Gasteiger partial charge in [-0.2, -0.15) is 5.10 Å². The van der Waals surface area contributed by atoms with Crippen LogP contribution in [-0.4, -0.2) is 22.8 Å². The molecule has 0 aliphatic carbocycles. The number of nitrogens with zero attached hydrogens (tertiary/aromatic N) is 3. The minimum absolute atomic E-state index is 0.699. The number of aryl methyl sites for hydroxylation is 1. The van der Waals surface area contributed by atoms with Gasteiger partial charge in [-0.25, -0.2) is 4.68 Å². The average Bonchev–Trinajstić information content (AvgIpc) is 3.23. The van der Waals surface area contributed by atoms with Crippen LogP contribution in [0, 0.1) is 0 Å². The molecular formula is C21H25N5. The number of hydrogen-bond donors (Lipinski definition) is 2. The largest absolute Gasteiger partial charge is 0.352 e. The van der Waals surface area contributed by atoms with E-state index in [1.165, 1.54) is 16.7 Å². The highest BCUT2D eigenvalue weighted by molar-refractivity contribution is 5.79. The van der Waals surface area contributed by atoms with Gasteiger partial charge in [-0.3, -0.25) is 4.99 Å². The Morgan fingerprint density at radius 3 is 2.54 bits per heavy atom. The van der Waals surface area contributed by atoms with Crippen molar-refractivity contribution >= 4 is 5.96 Å². The lowest BCUT2D eigenvalue weighted by Gasteiger charge is -2.14. The zero-order valence-corrected chi connectivity index (χ0v) is 15.3. The van der Waals surface area contributed by atoms with Crippen molar-refractivity contribution in [2.24, 2.45) is 4.99 Å². The average molecular weight is 347 g/mol. The molecule has 134 valence electrons. The molecule has 0 fully saturated rings. The summed E-state index contributed by atoms with van der Waals surface area (Å²) in [6, 6.07) is 18.7. The van der Waals surface area contributed by atoms with Gasteiger partial charge in [-0.05, 0) is 41.3 Å². The fourth-order valence-electron chi connectivity index (χ4n) is 2.89. The number of nitrogens with one attached hydrogen (secondary N) is 2. The molecule has 26 heavy (non-hydrogen) atoms. The van der Waals surface area contributed by atoms with E-state index in [-0.39, 0.29) is 0 Å². The molecule has 3 rings (SSSR count). The van der Waals surface area contributed by atoms with E-state index in [2.05, 4.69) is 64.0 Å². The van der Waals surface area contributed by atoms with Crippen LogP contribution >= 0.6 is 0 Å². The summed E-state index contributed by atoms with van der Waals surface area (Å²) in [4.78, 5) is 4.32. The van der Waals surface area contributed by atoms with Gasteiger partial charge < -0.3 is 10.6 Å². The molecule has 2 N–H and O–H groups in total. The highest BCUT2D eigenvalue weighted by atomic mass is 15.3. The first-order valence-corrected chi connectivity index (χ1v) is 8.90. The Kier molecular flexibility index (Phi) is 6.04. The smallest absolute Gasteiger partial charge is 0.191 e. The zero-order valence-electron chi connectivity index (χ0n) is 15.3. The number of aliphatic imine (C=N–C) groups is 1. The second-order valence-electron chi connectivity index (χ2n) is 6.02. The lowest BCUT2D eigenvalue weighted by molar-refractivity contribution is 0.800. The summed E-state index contributed by atoms with van der Waals surface area (Å²) in [5, 5.41) is 11.0. The molecule has 0 spiro atoms. The maximum atomic E-state index is 4.32. The molecular weight excluding hydrogens is 322 g/mol. The predicted molar refractivity (Wildman–Crippen MR) is 106 cm³/mol. The Bertz CT molecular complexity index is 852. The molecule has 3 aromatic rings. The fraction of sp³-hybridized carbons (Fsp3) is 0.238. The van der Waals surface area contributed by atoms with E-state index in [0.717, 1.165) is 24.6 Å². The van der Waals surface area contributed by atoms with E-state index in [0.29, 0.717) is 6.54 Å². The minimum Gasteiger partial charge on any atom is -0.352 e. The summed E-state index contributed by atoms with van der Waals surface area (Å²) in [5.74, 6) is 0.792. The lowest BCUT2D eigenvalue weighted by atomic mass is 10.1. The second-order valence-corrected chi connectivity index (χ2v) is 6.02. The lowest BCUT2D eigenvalue weighted by Crippen LogP contribution is -2.36. The monoisotopic (exact) mass is 347 g/mol. The molecule has 0 saturated heterocycles. The Morgan fingerprint density at radius 1 is 1.00 bits per heavy atom. The van der Waals surface area contributed by atoms with Crippen LogP contribution in [0.4, 0.5) is 0 Å². The topological polar surface area (TPSA) is 54.2 Å². The van der Waals surface area contributed by atoms with Crippen LogP contribution in [0.25, 0.3) is 5.69 Å². The van der Waals surface area contributed by atoms with Crippen molar-refractivity contribution in [2.75, 3.05) is 7.05 Å². The van der Waals surface area contributed by atoms with Gasteiger partial charge in [-0.15, -0.1) is 0 Å². The maximum Gasteiger partial charge on any atom is 0.191 e. The molecule has 5 heteroatoms. The van der Waals surface area contributed by atoms with Gasteiger partial charge in [0.25, 0.3) is 0 Å². The van der Waals surface area contributed by atoms with Crippen LogP contribution in [0.15, 0.2) is 72.0 Å². The Morgan fingerprint density at radius 2 is 1.81 bits per heavy atom. The van der Waals surface area contributed by atoms with Crippen molar-refractivity contribution in [1.82, 2.24) is 20.4 Å². The molecule has 0 amide bonds. The molecule has 0 bridgehead atoms. The number of guanidine groups is 1. The van der Waals surface area contributed by atoms with Crippen LogP contribution in [0.3, 0.4) is 0 Å². The zero-order chi connectivity index (χ0) is 18.2. The molecule has 2 aromatic carbocycles. The molecule has 0 aliphatic rings. The van der Waals surface area contributed by atoms with Crippen molar-refractivity contribution in [2.45, 2.75) is 26.4 Å². The first kappa shape index (κ1) is 17.7. The van der Waals surface area contributed by atoms with Crippen LogP contribution in [0.5, 0.6) is 0 Å². The van der Waals surface area contributed by atoms with Crippen molar-refractivity contribution in [1.29, 1.82) is 0 Å². The highest BCUT2D eigenvalue weighted by Crippen LogP contribution is 2.10. The SMILES string of the molecule is CCc1ccccc1CNC(=NC)NCc1cccc(-n2cccn2)c1. The van der Waals surface area contributed by atoms with Crippen LogP contribution in [-0.2, 0) is 19.5 Å². The summed E-state index contributed by atoms with van der Waals surface area (Å²) in [7, 11) is 1.79. The molecule has 1 heterocycles. The van der Waals surface area contributed by atoms with Gasteiger partial charge in [0.05, 0.1) is 5.69 Å². The van der Waals surface area contributed by atoms with Crippen LogP contribution < -0.4 is 10.6 Å². The van der Waals surface area contributed by atoms with Gasteiger partial charge in [0, 0.05) is 32.5 Å². The second kappa shape index (κ2) is 8.85. The molecule has 1 aromatic heterocycles. The third kappa shape index (κ3) is 4.51. The standard InChI is InChI=1S/C21H25N5/c1-3-18-9-4-5-10-19(18)16-24-21(22-2)23-15-17-8-6-11-20(14-17)26-13-7-12-25-26/h4-14H,3,15-16H2,1-2H3,(H2,22,23,24). The predicted octanol–water partition coefficient (Wildman–Crippen LogP) is 3.30. The third-order valence-electron chi connectivity index (χ3n) is 4.31. The van der Waals surface area contributed by atoms with E-state index in [4.69, 9.17) is 0 Å². The normalized spacial score (nSPS) is 11.4. The van der Waals surface area contributed by atoms with Gasteiger partial charge in [-0.1, -0.05) is 43.3 Å².